The highest BCUT2D eigenvalue weighted by Crippen LogP contribution is 2.28. The summed E-state index contributed by atoms with van der Waals surface area (Å²) in [7, 11) is 0. The van der Waals surface area contributed by atoms with Gasteiger partial charge < -0.3 is 5.32 Å². The Hall–Kier alpha value is -1.71. The van der Waals surface area contributed by atoms with Gasteiger partial charge in [-0.3, -0.25) is 4.98 Å². The molecule has 2 heterocycles. The smallest absolute Gasteiger partial charge is 0.0702 e. The molecule has 0 spiro atoms. The van der Waals surface area contributed by atoms with Gasteiger partial charge in [-0.15, -0.1) is 11.3 Å². The number of hydrogen-bond donors (Lipinski definition) is 1. The summed E-state index contributed by atoms with van der Waals surface area (Å²) in [6.45, 7) is 5.38. The Kier molecular flexibility index (Phi) is 4.32. The molecule has 0 aliphatic rings. The molecule has 108 valence electrons. The minimum Gasteiger partial charge on any atom is -0.306 e. The number of fused-ring (bicyclic) bond motifs is 1. The van der Waals surface area contributed by atoms with Gasteiger partial charge in [0.05, 0.1) is 11.6 Å². The lowest BCUT2D eigenvalue weighted by atomic mass is 9.99. The van der Waals surface area contributed by atoms with E-state index in [9.17, 15) is 0 Å². The topological polar surface area (TPSA) is 24.9 Å². The Morgan fingerprint density at radius 3 is 2.86 bits per heavy atom. The summed E-state index contributed by atoms with van der Waals surface area (Å²) >= 11 is 1.81. The first-order valence-corrected chi connectivity index (χ1v) is 8.29. The fourth-order valence-electron chi connectivity index (χ4n) is 2.61. The van der Waals surface area contributed by atoms with Crippen molar-refractivity contribution in [2.75, 3.05) is 6.54 Å². The van der Waals surface area contributed by atoms with Gasteiger partial charge in [0.15, 0.2) is 0 Å². The third-order valence-electron chi connectivity index (χ3n) is 3.64. The minimum atomic E-state index is 0.263. The SMILES string of the molecule is CCCNC(c1csc(C)c1)c1ccc2ncccc2c1. The fourth-order valence-corrected chi connectivity index (χ4v) is 3.34. The van der Waals surface area contributed by atoms with Crippen molar-refractivity contribution in [2.24, 2.45) is 0 Å². The number of rotatable bonds is 5. The van der Waals surface area contributed by atoms with E-state index in [0.29, 0.717) is 0 Å². The molecular formula is C18H20N2S. The van der Waals surface area contributed by atoms with Gasteiger partial charge in [0, 0.05) is 16.5 Å². The first-order valence-electron chi connectivity index (χ1n) is 7.41. The summed E-state index contributed by atoms with van der Waals surface area (Å²) in [6, 6.07) is 13.2. The van der Waals surface area contributed by atoms with Crippen LogP contribution in [0, 0.1) is 6.92 Å². The predicted molar refractivity (Wildman–Crippen MR) is 90.9 cm³/mol. The number of nitrogens with zero attached hydrogens (tertiary/aromatic N) is 1. The highest BCUT2D eigenvalue weighted by atomic mass is 32.1. The van der Waals surface area contributed by atoms with Crippen molar-refractivity contribution in [3.8, 4) is 0 Å². The van der Waals surface area contributed by atoms with Crippen molar-refractivity contribution in [2.45, 2.75) is 26.3 Å². The summed E-state index contributed by atoms with van der Waals surface area (Å²) < 4.78 is 0. The van der Waals surface area contributed by atoms with Crippen LogP contribution in [0.2, 0.25) is 0 Å². The molecule has 1 atom stereocenters. The van der Waals surface area contributed by atoms with E-state index in [1.165, 1.54) is 21.4 Å². The maximum Gasteiger partial charge on any atom is 0.0702 e. The first-order chi connectivity index (χ1) is 10.3. The van der Waals surface area contributed by atoms with Crippen LogP contribution >= 0.6 is 11.3 Å². The van der Waals surface area contributed by atoms with Crippen molar-refractivity contribution in [1.82, 2.24) is 10.3 Å². The number of nitrogens with one attached hydrogen (secondary N) is 1. The van der Waals surface area contributed by atoms with Crippen LogP contribution in [0.15, 0.2) is 48.0 Å². The van der Waals surface area contributed by atoms with E-state index < -0.39 is 0 Å². The van der Waals surface area contributed by atoms with Crippen molar-refractivity contribution in [3.63, 3.8) is 0 Å². The van der Waals surface area contributed by atoms with Crippen LogP contribution < -0.4 is 5.32 Å². The quantitative estimate of drug-likeness (QED) is 0.738. The van der Waals surface area contributed by atoms with E-state index in [1.807, 2.05) is 23.6 Å². The van der Waals surface area contributed by atoms with Crippen molar-refractivity contribution >= 4 is 22.2 Å². The Morgan fingerprint density at radius 1 is 1.19 bits per heavy atom. The Bertz CT molecular complexity index is 733. The molecule has 1 aromatic carbocycles. The predicted octanol–water partition coefficient (Wildman–Crippen LogP) is 4.69. The number of pyridine rings is 1. The molecule has 0 aliphatic carbocycles. The summed E-state index contributed by atoms with van der Waals surface area (Å²) in [6.07, 6.45) is 2.98. The molecule has 2 nitrogen and oxygen atoms in total. The zero-order chi connectivity index (χ0) is 14.7. The molecule has 21 heavy (non-hydrogen) atoms. The number of aromatic nitrogens is 1. The van der Waals surface area contributed by atoms with E-state index >= 15 is 0 Å². The molecule has 0 bridgehead atoms. The second-order valence-electron chi connectivity index (χ2n) is 5.33. The van der Waals surface area contributed by atoms with Gasteiger partial charge in [0.2, 0.25) is 0 Å². The van der Waals surface area contributed by atoms with Crippen LogP contribution in [0.1, 0.15) is 35.4 Å². The molecule has 3 heteroatoms. The average molecular weight is 296 g/mol. The standard InChI is InChI=1S/C18H20N2S/c1-3-8-20-18(16-10-13(2)21-12-16)15-6-7-17-14(11-15)5-4-9-19-17/h4-7,9-12,18,20H,3,8H2,1-2H3. The van der Waals surface area contributed by atoms with Crippen molar-refractivity contribution in [3.05, 3.63) is 64.0 Å². The zero-order valence-electron chi connectivity index (χ0n) is 12.5. The van der Waals surface area contributed by atoms with E-state index in [2.05, 4.69) is 59.9 Å². The summed E-state index contributed by atoms with van der Waals surface area (Å²) in [5.74, 6) is 0. The normalized spacial score (nSPS) is 12.7. The second-order valence-corrected chi connectivity index (χ2v) is 6.45. The van der Waals surface area contributed by atoms with Crippen LogP contribution in [-0.4, -0.2) is 11.5 Å². The van der Waals surface area contributed by atoms with Crippen LogP contribution in [0.5, 0.6) is 0 Å². The molecule has 0 radical (unpaired) electrons. The number of benzene rings is 1. The molecule has 1 N–H and O–H groups in total. The molecule has 0 fully saturated rings. The van der Waals surface area contributed by atoms with E-state index in [0.717, 1.165) is 18.5 Å². The third-order valence-corrected chi connectivity index (χ3v) is 4.52. The highest BCUT2D eigenvalue weighted by molar-refractivity contribution is 7.10. The third kappa shape index (κ3) is 3.14. The second kappa shape index (κ2) is 6.37. The fraction of sp³-hybridized carbons (Fsp3) is 0.278. The Morgan fingerprint density at radius 2 is 2.10 bits per heavy atom. The van der Waals surface area contributed by atoms with Crippen LogP contribution in [0.25, 0.3) is 10.9 Å². The Balaban J connectivity index is 2.00. The van der Waals surface area contributed by atoms with E-state index in [1.54, 1.807) is 0 Å². The summed E-state index contributed by atoms with van der Waals surface area (Å²) in [5.41, 5.74) is 3.72. The lowest BCUT2D eigenvalue weighted by Gasteiger charge is -2.18. The van der Waals surface area contributed by atoms with Crippen molar-refractivity contribution in [1.29, 1.82) is 0 Å². The van der Waals surface area contributed by atoms with Gasteiger partial charge in [0.25, 0.3) is 0 Å². The molecule has 3 rings (SSSR count). The van der Waals surface area contributed by atoms with Gasteiger partial charge in [0.1, 0.15) is 0 Å². The largest absolute Gasteiger partial charge is 0.306 e. The van der Waals surface area contributed by atoms with Crippen molar-refractivity contribution < 1.29 is 0 Å². The van der Waals surface area contributed by atoms with Gasteiger partial charge >= 0.3 is 0 Å². The summed E-state index contributed by atoms with van der Waals surface area (Å²) in [5, 5.41) is 7.13. The van der Waals surface area contributed by atoms with Crippen LogP contribution in [0.3, 0.4) is 0 Å². The minimum absolute atomic E-state index is 0.263. The molecule has 1 unspecified atom stereocenters. The summed E-state index contributed by atoms with van der Waals surface area (Å²) in [4.78, 5) is 5.76. The average Bonchev–Trinajstić information content (AvgIpc) is 2.94. The molecule has 0 saturated carbocycles. The zero-order valence-corrected chi connectivity index (χ0v) is 13.3. The monoisotopic (exact) mass is 296 g/mol. The maximum absolute atomic E-state index is 4.40. The number of thiophene rings is 1. The lowest BCUT2D eigenvalue weighted by Crippen LogP contribution is -2.22. The molecule has 2 aromatic heterocycles. The number of hydrogen-bond acceptors (Lipinski definition) is 3. The van der Waals surface area contributed by atoms with Gasteiger partial charge in [-0.25, -0.2) is 0 Å². The first kappa shape index (κ1) is 14.2. The number of aryl methyl sites for hydroxylation is 1. The van der Waals surface area contributed by atoms with Crippen LogP contribution in [0.4, 0.5) is 0 Å². The molecule has 0 aliphatic heterocycles. The van der Waals surface area contributed by atoms with Crippen LogP contribution in [-0.2, 0) is 0 Å². The van der Waals surface area contributed by atoms with Gasteiger partial charge in [-0.05, 0) is 60.7 Å². The lowest BCUT2D eigenvalue weighted by molar-refractivity contribution is 0.600. The highest BCUT2D eigenvalue weighted by Gasteiger charge is 2.15. The Labute approximate surface area is 129 Å². The van der Waals surface area contributed by atoms with E-state index in [4.69, 9.17) is 0 Å². The molecule has 0 amide bonds. The maximum atomic E-state index is 4.40. The van der Waals surface area contributed by atoms with Gasteiger partial charge in [-0.2, -0.15) is 0 Å². The molecule has 3 aromatic rings. The van der Waals surface area contributed by atoms with Gasteiger partial charge in [-0.1, -0.05) is 19.1 Å². The van der Waals surface area contributed by atoms with E-state index in [-0.39, 0.29) is 6.04 Å². The molecular weight excluding hydrogens is 276 g/mol. The molecule has 0 saturated heterocycles.